The molecule has 0 bridgehead atoms. The molecule has 4 atom stereocenters. The van der Waals surface area contributed by atoms with Crippen LogP contribution in [0.25, 0.3) is 20.8 Å². The van der Waals surface area contributed by atoms with Gasteiger partial charge in [0.15, 0.2) is 0 Å². The molecule has 0 spiro atoms. The van der Waals surface area contributed by atoms with Crippen molar-refractivity contribution in [3.8, 4) is 10.6 Å². The van der Waals surface area contributed by atoms with E-state index in [0.717, 1.165) is 45.0 Å². The Morgan fingerprint density at radius 1 is 1.12 bits per heavy atom. The van der Waals surface area contributed by atoms with Crippen molar-refractivity contribution in [3.05, 3.63) is 23.7 Å². The van der Waals surface area contributed by atoms with Gasteiger partial charge in [-0.2, -0.15) is 4.98 Å². The number of aryl methyl sites for hydroxylation is 1. The summed E-state index contributed by atoms with van der Waals surface area (Å²) in [7, 11) is 0. The van der Waals surface area contributed by atoms with Gasteiger partial charge in [-0.3, -0.25) is 4.98 Å². The molecule has 5 N–H and O–H groups in total. The lowest BCUT2D eigenvalue weighted by atomic mass is 10.1. The first-order valence-electron chi connectivity index (χ1n) is 11.8. The number of hydrogen-bond donors (Lipinski definition) is 5. The molecule has 34 heavy (non-hydrogen) atoms. The molecule has 5 rings (SSSR count). The van der Waals surface area contributed by atoms with Crippen LogP contribution in [0.5, 0.6) is 0 Å². The molecule has 0 radical (unpaired) electrons. The Labute approximate surface area is 202 Å². The summed E-state index contributed by atoms with van der Waals surface area (Å²) in [6.45, 7) is 7.86. The Bertz CT molecular complexity index is 1210. The zero-order chi connectivity index (χ0) is 24.2. The maximum absolute atomic E-state index is 10.6. The molecule has 9 nitrogen and oxygen atoms in total. The molecule has 2 aliphatic carbocycles. The fourth-order valence-electron chi connectivity index (χ4n) is 4.59. The van der Waals surface area contributed by atoms with Crippen molar-refractivity contribution < 1.29 is 15.3 Å². The van der Waals surface area contributed by atoms with Crippen molar-refractivity contribution in [3.63, 3.8) is 0 Å². The van der Waals surface area contributed by atoms with E-state index in [9.17, 15) is 15.3 Å². The molecule has 10 heteroatoms. The highest BCUT2D eigenvalue weighted by Gasteiger charge is 2.41. The van der Waals surface area contributed by atoms with Crippen LogP contribution in [0.1, 0.15) is 57.3 Å². The van der Waals surface area contributed by atoms with Crippen LogP contribution in [0.4, 0.5) is 11.8 Å². The number of nitrogens with zero attached hydrogens (tertiary/aromatic N) is 4. The summed E-state index contributed by atoms with van der Waals surface area (Å²) in [4.78, 5) is 19.1. The second-order valence-electron chi connectivity index (χ2n) is 10.5. The number of aliphatic hydroxyl groups excluding tert-OH is 3. The molecule has 2 fully saturated rings. The lowest BCUT2D eigenvalue weighted by Gasteiger charge is -2.24. The average Bonchev–Trinajstić information content (AvgIpc) is 3.46. The highest BCUT2D eigenvalue weighted by Crippen LogP contribution is 2.44. The summed E-state index contributed by atoms with van der Waals surface area (Å²) in [5.41, 5.74) is 3.28. The van der Waals surface area contributed by atoms with Crippen molar-refractivity contribution in [1.29, 1.82) is 0 Å². The first-order chi connectivity index (χ1) is 16.1. The van der Waals surface area contributed by atoms with Crippen LogP contribution < -0.4 is 10.6 Å². The van der Waals surface area contributed by atoms with Gasteiger partial charge in [0.05, 0.1) is 33.8 Å². The fourth-order valence-corrected chi connectivity index (χ4v) is 5.65. The molecule has 3 heterocycles. The maximum atomic E-state index is 10.6. The van der Waals surface area contributed by atoms with Gasteiger partial charge in [-0.1, -0.05) is 0 Å². The highest BCUT2D eigenvalue weighted by molar-refractivity contribution is 7.21. The minimum Gasteiger partial charge on any atom is -0.396 e. The van der Waals surface area contributed by atoms with Crippen LogP contribution in [0.3, 0.4) is 0 Å². The summed E-state index contributed by atoms with van der Waals surface area (Å²) in [5, 5.41) is 38.0. The first-order valence-corrected chi connectivity index (χ1v) is 12.6. The van der Waals surface area contributed by atoms with Gasteiger partial charge in [0, 0.05) is 30.2 Å². The third-order valence-corrected chi connectivity index (χ3v) is 7.49. The number of anilines is 2. The van der Waals surface area contributed by atoms with E-state index in [4.69, 9.17) is 15.0 Å². The number of rotatable bonds is 6. The summed E-state index contributed by atoms with van der Waals surface area (Å²) in [6.07, 6.45) is 2.57. The second-order valence-corrected chi connectivity index (χ2v) is 11.5. The average molecular weight is 485 g/mol. The van der Waals surface area contributed by atoms with Crippen molar-refractivity contribution in [2.24, 2.45) is 5.92 Å². The van der Waals surface area contributed by atoms with Gasteiger partial charge in [0.25, 0.3) is 0 Å². The third kappa shape index (κ3) is 4.47. The zero-order valence-corrected chi connectivity index (χ0v) is 20.7. The second kappa shape index (κ2) is 8.67. The minimum atomic E-state index is -1.01. The molecule has 0 aromatic carbocycles. The standard InChI is InChI=1S/C24H32N6O3S/c1-11-16(22-28-18-15(34-22)7-8-25-17(18)12-5-6-12)21(29-23(26-11)30-24(2,3)4)27-14-9-13(10-31)19(32)20(14)33/h7-8,12-14,19-20,31-33H,5-6,9-10H2,1-4H3,(H2,26,27,29,30). The monoisotopic (exact) mass is 484 g/mol. The van der Waals surface area contributed by atoms with Crippen LogP contribution in [0, 0.1) is 12.8 Å². The Morgan fingerprint density at radius 3 is 2.53 bits per heavy atom. The van der Waals surface area contributed by atoms with Crippen LogP contribution in [-0.4, -0.2) is 65.7 Å². The number of pyridine rings is 1. The lowest BCUT2D eigenvalue weighted by Crippen LogP contribution is -2.36. The maximum Gasteiger partial charge on any atom is 0.225 e. The highest BCUT2D eigenvalue weighted by atomic mass is 32.1. The quantitative estimate of drug-likeness (QED) is 0.357. The molecular weight excluding hydrogens is 452 g/mol. The fraction of sp³-hybridized carbons (Fsp3) is 0.583. The zero-order valence-electron chi connectivity index (χ0n) is 19.9. The van der Waals surface area contributed by atoms with E-state index in [1.54, 1.807) is 11.3 Å². The number of aliphatic hydroxyl groups is 3. The number of thiazole rings is 1. The SMILES string of the molecule is Cc1nc(NC(C)(C)C)nc(NC2CC(CO)C(O)C2O)c1-c1nc2c(C3CC3)nccc2s1. The molecule has 0 saturated heterocycles. The third-order valence-electron chi connectivity index (χ3n) is 6.45. The van der Waals surface area contributed by atoms with Gasteiger partial charge < -0.3 is 26.0 Å². The number of nitrogens with one attached hydrogen (secondary N) is 2. The Hall–Kier alpha value is -2.40. The van der Waals surface area contributed by atoms with Crippen molar-refractivity contribution in [2.75, 3.05) is 17.2 Å². The molecule has 2 saturated carbocycles. The van der Waals surface area contributed by atoms with Crippen LogP contribution in [0.2, 0.25) is 0 Å². The summed E-state index contributed by atoms with van der Waals surface area (Å²) in [6, 6.07) is 1.53. The molecule has 0 aliphatic heterocycles. The molecule has 0 amide bonds. The van der Waals surface area contributed by atoms with Crippen molar-refractivity contribution >= 4 is 33.3 Å². The molecule has 3 aromatic heterocycles. The number of aromatic nitrogens is 4. The molecule has 182 valence electrons. The minimum absolute atomic E-state index is 0.183. The largest absolute Gasteiger partial charge is 0.396 e. The molecular formula is C24H32N6O3S. The van der Waals surface area contributed by atoms with Gasteiger partial charge in [0.2, 0.25) is 5.95 Å². The van der Waals surface area contributed by atoms with E-state index >= 15 is 0 Å². The van der Waals surface area contributed by atoms with Crippen molar-refractivity contribution in [1.82, 2.24) is 19.9 Å². The number of fused-ring (bicyclic) bond motifs is 1. The normalized spacial score (nSPS) is 25.1. The van der Waals surface area contributed by atoms with Gasteiger partial charge in [-0.05, 0) is 53.0 Å². The van der Waals surface area contributed by atoms with E-state index in [2.05, 4.69) is 15.6 Å². The van der Waals surface area contributed by atoms with Crippen LogP contribution in [-0.2, 0) is 0 Å². The van der Waals surface area contributed by atoms with E-state index in [-0.39, 0.29) is 18.1 Å². The Kier molecular flexibility index (Phi) is 5.96. The van der Waals surface area contributed by atoms with Gasteiger partial charge >= 0.3 is 0 Å². The summed E-state index contributed by atoms with van der Waals surface area (Å²) in [5.74, 6) is 1.12. The van der Waals surface area contributed by atoms with Crippen LogP contribution >= 0.6 is 11.3 Å². The molecule has 2 aliphatic rings. The van der Waals surface area contributed by atoms with E-state index in [1.165, 1.54) is 0 Å². The summed E-state index contributed by atoms with van der Waals surface area (Å²) >= 11 is 1.58. The summed E-state index contributed by atoms with van der Waals surface area (Å²) < 4.78 is 1.07. The molecule has 4 unspecified atom stereocenters. The van der Waals surface area contributed by atoms with E-state index in [1.807, 2.05) is 40.0 Å². The Morgan fingerprint density at radius 2 is 1.88 bits per heavy atom. The van der Waals surface area contributed by atoms with Gasteiger partial charge in [-0.15, -0.1) is 11.3 Å². The van der Waals surface area contributed by atoms with Crippen LogP contribution in [0.15, 0.2) is 12.3 Å². The first kappa shape index (κ1) is 23.3. The molecule has 3 aromatic rings. The Balaban J connectivity index is 1.59. The van der Waals surface area contributed by atoms with E-state index < -0.39 is 18.2 Å². The predicted octanol–water partition coefficient (Wildman–Crippen LogP) is 3.06. The van der Waals surface area contributed by atoms with Gasteiger partial charge in [-0.25, -0.2) is 9.97 Å². The van der Waals surface area contributed by atoms with E-state index in [0.29, 0.717) is 24.1 Å². The smallest absolute Gasteiger partial charge is 0.225 e. The topological polar surface area (TPSA) is 136 Å². The predicted molar refractivity (Wildman–Crippen MR) is 133 cm³/mol. The lowest BCUT2D eigenvalue weighted by molar-refractivity contribution is 0.00446. The van der Waals surface area contributed by atoms with Crippen molar-refractivity contribution in [2.45, 2.75) is 76.7 Å². The number of hydrogen-bond acceptors (Lipinski definition) is 10. The van der Waals surface area contributed by atoms with Gasteiger partial charge in [0.1, 0.15) is 22.4 Å².